The van der Waals surface area contributed by atoms with Crippen LogP contribution in [0.15, 0.2) is 89.8 Å². The molecule has 1 atom stereocenters. The van der Waals surface area contributed by atoms with Crippen LogP contribution in [-0.4, -0.2) is 20.4 Å². The molecule has 0 saturated heterocycles. The van der Waals surface area contributed by atoms with E-state index in [1.54, 1.807) is 54.6 Å². The largest absolute Gasteiger partial charge is 0.349 e. The molecule has 3 aromatic carbocycles. The fourth-order valence-corrected chi connectivity index (χ4v) is 4.60. The standard InChI is InChI=1S/C25H28N2O3S/c1-19(2)20(3)26-25(28)23-16-10-11-17-24(23)27(18-21-12-6-4-7-13-21)31(29,30)22-14-8-5-9-15-22/h4-17,19-20H,18H2,1-3H3,(H,26,28)/t20-/m1/s1. The average molecular weight is 437 g/mol. The van der Waals surface area contributed by atoms with Crippen molar-refractivity contribution in [3.05, 3.63) is 96.1 Å². The van der Waals surface area contributed by atoms with Gasteiger partial charge in [0.25, 0.3) is 15.9 Å². The normalized spacial score (nSPS) is 12.4. The molecule has 0 bridgehead atoms. The van der Waals surface area contributed by atoms with E-state index in [1.165, 1.54) is 4.31 Å². The van der Waals surface area contributed by atoms with Crippen molar-refractivity contribution in [2.75, 3.05) is 4.31 Å². The molecule has 0 saturated carbocycles. The number of sulfonamides is 1. The number of benzene rings is 3. The molecule has 1 N–H and O–H groups in total. The van der Waals surface area contributed by atoms with Gasteiger partial charge in [0.05, 0.1) is 22.7 Å². The molecule has 0 fully saturated rings. The Hall–Kier alpha value is -3.12. The lowest BCUT2D eigenvalue weighted by atomic mass is 10.1. The maximum Gasteiger partial charge on any atom is 0.264 e. The smallest absolute Gasteiger partial charge is 0.264 e. The van der Waals surface area contributed by atoms with E-state index in [0.29, 0.717) is 11.3 Å². The van der Waals surface area contributed by atoms with Gasteiger partial charge in [-0.3, -0.25) is 9.10 Å². The molecule has 0 aromatic heterocycles. The minimum absolute atomic E-state index is 0.0474. The molecule has 162 valence electrons. The number of para-hydroxylation sites is 1. The van der Waals surface area contributed by atoms with Crippen LogP contribution in [0.1, 0.15) is 36.7 Å². The van der Waals surface area contributed by atoms with Gasteiger partial charge in [0.15, 0.2) is 0 Å². The molecule has 0 aliphatic heterocycles. The zero-order chi connectivity index (χ0) is 22.4. The van der Waals surface area contributed by atoms with E-state index in [4.69, 9.17) is 0 Å². The fourth-order valence-electron chi connectivity index (χ4n) is 3.10. The van der Waals surface area contributed by atoms with Gasteiger partial charge in [0.1, 0.15) is 0 Å². The van der Waals surface area contributed by atoms with Crippen LogP contribution in [0.5, 0.6) is 0 Å². The van der Waals surface area contributed by atoms with Crippen LogP contribution in [-0.2, 0) is 16.6 Å². The summed E-state index contributed by atoms with van der Waals surface area (Å²) in [6.45, 7) is 6.10. The molecule has 31 heavy (non-hydrogen) atoms. The third kappa shape index (κ3) is 5.33. The summed E-state index contributed by atoms with van der Waals surface area (Å²) in [5.74, 6) is -0.0392. The number of hydrogen-bond donors (Lipinski definition) is 1. The zero-order valence-corrected chi connectivity index (χ0v) is 18.8. The number of nitrogens with one attached hydrogen (secondary N) is 1. The van der Waals surface area contributed by atoms with E-state index in [1.807, 2.05) is 51.1 Å². The van der Waals surface area contributed by atoms with Crippen molar-refractivity contribution in [2.45, 2.75) is 38.3 Å². The lowest BCUT2D eigenvalue weighted by Gasteiger charge is -2.27. The predicted molar refractivity (Wildman–Crippen MR) is 124 cm³/mol. The number of nitrogens with zero attached hydrogens (tertiary/aromatic N) is 1. The number of carbonyl (C=O) groups excluding carboxylic acids is 1. The Morgan fingerprint density at radius 2 is 1.39 bits per heavy atom. The second kappa shape index (κ2) is 9.79. The highest BCUT2D eigenvalue weighted by atomic mass is 32.2. The molecule has 0 radical (unpaired) electrons. The van der Waals surface area contributed by atoms with Crippen LogP contribution in [0, 0.1) is 5.92 Å². The Bertz CT molecular complexity index is 1110. The van der Waals surface area contributed by atoms with Crippen molar-refractivity contribution in [3.8, 4) is 0 Å². The number of rotatable bonds is 8. The maximum atomic E-state index is 13.6. The van der Waals surface area contributed by atoms with Gasteiger partial charge in [0.2, 0.25) is 0 Å². The summed E-state index contributed by atoms with van der Waals surface area (Å²) in [5, 5.41) is 2.99. The molecular weight excluding hydrogens is 408 g/mol. The molecule has 0 unspecified atom stereocenters. The first-order valence-electron chi connectivity index (χ1n) is 10.3. The molecular formula is C25H28N2O3S. The average Bonchev–Trinajstić information content (AvgIpc) is 2.78. The summed E-state index contributed by atoms with van der Waals surface area (Å²) >= 11 is 0. The molecule has 0 aliphatic rings. The summed E-state index contributed by atoms with van der Waals surface area (Å²) in [5.41, 5.74) is 1.50. The lowest BCUT2D eigenvalue weighted by Crippen LogP contribution is -2.38. The first-order chi connectivity index (χ1) is 14.8. The second-order valence-electron chi connectivity index (χ2n) is 7.83. The molecule has 0 aliphatic carbocycles. The van der Waals surface area contributed by atoms with Crippen LogP contribution < -0.4 is 9.62 Å². The third-order valence-electron chi connectivity index (χ3n) is 5.28. The Morgan fingerprint density at radius 3 is 2.00 bits per heavy atom. The summed E-state index contributed by atoms with van der Waals surface area (Å²) in [6, 6.07) is 24.4. The molecule has 1 amide bonds. The summed E-state index contributed by atoms with van der Waals surface area (Å²) in [6.07, 6.45) is 0. The van der Waals surface area contributed by atoms with E-state index in [-0.39, 0.29) is 29.3 Å². The van der Waals surface area contributed by atoms with Gasteiger partial charge >= 0.3 is 0 Å². The minimum Gasteiger partial charge on any atom is -0.349 e. The van der Waals surface area contributed by atoms with E-state index < -0.39 is 10.0 Å². The Labute approximate surface area is 184 Å². The number of anilines is 1. The van der Waals surface area contributed by atoms with Crippen molar-refractivity contribution in [1.29, 1.82) is 0 Å². The van der Waals surface area contributed by atoms with Crippen LogP contribution in [0.2, 0.25) is 0 Å². The quantitative estimate of drug-likeness (QED) is 0.549. The molecule has 0 spiro atoms. The number of hydrogen-bond acceptors (Lipinski definition) is 3. The van der Waals surface area contributed by atoms with Crippen molar-refractivity contribution in [1.82, 2.24) is 5.32 Å². The Morgan fingerprint density at radius 1 is 0.839 bits per heavy atom. The van der Waals surface area contributed by atoms with Gasteiger partial charge in [-0.1, -0.05) is 74.5 Å². The summed E-state index contributed by atoms with van der Waals surface area (Å²) < 4.78 is 28.6. The first-order valence-corrected chi connectivity index (χ1v) is 11.8. The van der Waals surface area contributed by atoms with E-state index in [0.717, 1.165) is 5.56 Å². The maximum absolute atomic E-state index is 13.6. The second-order valence-corrected chi connectivity index (χ2v) is 9.70. The SMILES string of the molecule is CC(C)[C@@H](C)NC(=O)c1ccccc1N(Cc1ccccc1)S(=O)(=O)c1ccccc1. The van der Waals surface area contributed by atoms with E-state index in [2.05, 4.69) is 5.32 Å². The summed E-state index contributed by atoms with van der Waals surface area (Å²) in [7, 11) is -3.90. The van der Waals surface area contributed by atoms with Crippen LogP contribution in [0.25, 0.3) is 0 Å². The van der Waals surface area contributed by atoms with E-state index >= 15 is 0 Å². The van der Waals surface area contributed by atoms with Gasteiger partial charge in [-0.05, 0) is 42.7 Å². The lowest BCUT2D eigenvalue weighted by molar-refractivity contribution is 0.0931. The van der Waals surface area contributed by atoms with Crippen LogP contribution in [0.3, 0.4) is 0 Å². The minimum atomic E-state index is -3.90. The Kier molecular flexibility index (Phi) is 7.13. The van der Waals surface area contributed by atoms with Crippen LogP contribution >= 0.6 is 0 Å². The number of carbonyl (C=O) groups is 1. The zero-order valence-electron chi connectivity index (χ0n) is 18.0. The highest BCUT2D eigenvalue weighted by Crippen LogP contribution is 2.29. The van der Waals surface area contributed by atoms with Crippen molar-refractivity contribution in [3.63, 3.8) is 0 Å². The van der Waals surface area contributed by atoms with Gasteiger partial charge in [0, 0.05) is 6.04 Å². The monoisotopic (exact) mass is 436 g/mol. The Balaban J connectivity index is 2.09. The molecule has 3 aromatic rings. The predicted octanol–water partition coefficient (Wildman–Crippen LogP) is 4.86. The molecule has 5 nitrogen and oxygen atoms in total. The van der Waals surface area contributed by atoms with Gasteiger partial charge in [-0.25, -0.2) is 8.42 Å². The highest BCUT2D eigenvalue weighted by molar-refractivity contribution is 7.92. The first kappa shape index (κ1) is 22.6. The van der Waals surface area contributed by atoms with Crippen molar-refractivity contribution >= 4 is 21.6 Å². The molecule has 3 rings (SSSR count). The van der Waals surface area contributed by atoms with Crippen molar-refractivity contribution < 1.29 is 13.2 Å². The van der Waals surface area contributed by atoms with Gasteiger partial charge in [-0.15, -0.1) is 0 Å². The molecule has 6 heteroatoms. The fraction of sp³-hybridized carbons (Fsp3) is 0.240. The van der Waals surface area contributed by atoms with Gasteiger partial charge < -0.3 is 5.32 Å². The van der Waals surface area contributed by atoms with Crippen molar-refractivity contribution in [2.24, 2.45) is 5.92 Å². The molecule has 0 heterocycles. The highest BCUT2D eigenvalue weighted by Gasteiger charge is 2.28. The third-order valence-corrected chi connectivity index (χ3v) is 7.05. The topological polar surface area (TPSA) is 66.5 Å². The number of amides is 1. The van der Waals surface area contributed by atoms with Crippen LogP contribution in [0.4, 0.5) is 5.69 Å². The van der Waals surface area contributed by atoms with E-state index in [9.17, 15) is 13.2 Å². The van der Waals surface area contributed by atoms with Gasteiger partial charge in [-0.2, -0.15) is 0 Å². The summed E-state index contributed by atoms with van der Waals surface area (Å²) in [4.78, 5) is 13.2.